The summed E-state index contributed by atoms with van der Waals surface area (Å²) in [6.45, 7) is 28.9. The summed E-state index contributed by atoms with van der Waals surface area (Å²) in [7, 11) is 0. The summed E-state index contributed by atoms with van der Waals surface area (Å²) in [5.41, 5.74) is 7.60. The van der Waals surface area contributed by atoms with Gasteiger partial charge < -0.3 is 0 Å². The van der Waals surface area contributed by atoms with Gasteiger partial charge in [0.1, 0.15) is 0 Å². The molecule has 0 heteroatoms. The highest BCUT2D eigenvalue weighted by Gasteiger charge is 2.57. The van der Waals surface area contributed by atoms with Crippen molar-refractivity contribution in [2.45, 2.75) is 128 Å². The van der Waals surface area contributed by atoms with Gasteiger partial charge in [0.25, 0.3) is 0 Å². The first kappa shape index (κ1) is 30.7. The molecule has 0 N–H and O–H groups in total. The van der Waals surface area contributed by atoms with Crippen molar-refractivity contribution < 1.29 is 0 Å². The van der Waals surface area contributed by atoms with Crippen LogP contribution in [-0.2, 0) is 5.41 Å². The lowest BCUT2D eigenvalue weighted by Gasteiger charge is -2.56. The van der Waals surface area contributed by atoms with Crippen LogP contribution in [0.1, 0.15) is 134 Å². The Morgan fingerprint density at radius 1 is 0.472 bits per heavy atom. The van der Waals surface area contributed by atoms with Crippen molar-refractivity contribution >= 4 is 0 Å². The lowest BCUT2D eigenvalue weighted by atomic mass is 9.49. The van der Waals surface area contributed by atoms with Gasteiger partial charge in [-0.15, -0.1) is 0 Å². The fourth-order valence-electron chi connectivity index (χ4n) is 8.76. The van der Waals surface area contributed by atoms with Crippen LogP contribution in [-0.4, -0.2) is 0 Å². The van der Waals surface area contributed by atoms with Gasteiger partial charge in [0.15, 0.2) is 0 Å². The molecule has 2 aromatic carbocycles. The standard InChI is InChI=1S/C21H26.C14H28.CH4/c1-19(2,3)21(20(4,5)6)17-13-9-7-11-15(17)16-12-8-10-14-18(16)21;1-12(2,3)14(13(4,5)6)10-8-7-9-11-14;/h7-14H,1-6H3;7-11H2,1-6H3;1H4. The number of hydrogen-bond donors (Lipinski definition) is 0. The monoisotopic (exact) mass is 490 g/mol. The minimum absolute atomic E-state index is 0. The molecule has 0 aliphatic heterocycles. The zero-order valence-corrected chi connectivity index (χ0v) is 25.2. The predicted octanol–water partition coefficient (Wildman–Crippen LogP) is 11.7. The minimum atomic E-state index is 0. The van der Waals surface area contributed by atoms with E-state index in [4.69, 9.17) is 0 Å². The van der Waals surface area contributed by atoms with Gasteiger partial charge in [-0.1, -0.05) is 158 Å². The first-order chi connectivity index (χ1) is 15.9. The molecule has 2 aliphatic rings. The Morgan fingerprint density at radius 2 is 0.806 bits per heavy atom. The molecule has 0 bridgehead atoms. The van der Waals surface area contributed by atoms with Gasteiger partial charge in [-0.05, 0) is 62.2 Å². The van der Waals surface area contributed by atoms with Crippen LogP contribution in [0.2, 0.25) is 0 Å². The third kappa shape index (κ3) is 4.72. The molecule has 0 aromatic heterocycles. The van der Waals surface area contributed by atoms with Crippen LogP contribution < -0.4 is 0 Å². The van der Waals surface area contributed by atoms with E-state index in [1.54, 1.807) is 0 Å². The van der Waals surface area contributed by atoms with Gasteiger partial charge in [-0.2, -0.15) is 0 Å². The lowest BCUT2D eigenvalue weighted by Crippen LogP contribution is -2.49. The normalized spacial score (nSPS) is 18.8. The summed E-state index contributed by atoms with van der Waals surface area (Å²) in [6.07, 6.45) is 7.19. The largest absolute Gasteiger partial charge is 0.0776 e. The molecule has 0 nitrogen and oxygen atoms in total. The molecule has 202 valence electrons. The Balaban J connectivity index is 0.000000268. The van der Waals surface area contributed by atoms with Crippen molar-refractivity contribution in [1.82, 2.24) is 0 Å². The lowest BCUT2D eigenvalue weighted by molar-refractivity contribution is -0.0638. The van der Waals surface area contributed by atoms with E-state index in [-0.39, 0.29) is 23.7 Å². The predicted molar refractivity (Wildman–Crippen MR) is 163 cm³/mol. The Hall–Kier alpha value is -1.56. The van der Waals surface area contributed by atoms with Gasteiger partial charge in [0, 0.05) is 5.41 Å². The molecule has 2 aromatic rings. The third-order valence-corrected chi connectivity index (χ3v) is 9.78. The number of benzene rings is 2. The zero-order valence-electron chi connectivity index (χ0n) is 25.2. The van der Waals surface area contributed by atoms with Crippen molar-refractivity contribution in [1.29, 1.82) is 0 Å². The van der Waals surface area contributed by atoms with E-state index in [0.717, 1.165) is 0 Å². The highest BCUT2D eigenvalue weighted by Crippen LogP contribution is 2.64. The maximum absolute atomic E-state index is 2.43. The molecule has 0 amide bonds. The summed E-state index contributed by atoms with van der Waals surface area (Å²) < 4.78 is 0. The molecule has 1 fully saturated rings. The van der Waals surface area contributed by atoms with Crippen LogP contribution in [0.15, 0.2) is 48.5 Å². The second-order valence-corrected chi connectivity index (χ2v) is 15.5. The smallest absolute Gasteiger partial charge is 0.0311 e. The first-order valence-corrected chi connectivity index (χ1v) is 14.1. The number of rotatable bonds is 0. The van der Waals surface area contributed by atoms with Crippen LogP contribution >= 0.6 is 0 Å². The SMILES string of the molecule is C.CC(C)(C)C1(C(C)(C)C)CCCCC1.CC(C)(C)C1(C(C)(C)C)c2ccccc2-c2ccccc21. The van der Waals surface area contributed by atoms with E-state index in [0.29, 0.717) is 16.2 Å². The molecule has 0 heterocycles. The molecule has 4 rings (SSSR count). The van der Waals surface area contributed by atoms with Gasteiger partial charge in [-0.3, -0.25) is 0 Å². The van der Waals surface area contributed by atoms with Crippen LogP contribution in [0.4, 0.5) is 0 Å². The molecule has 36 heavy (non-hydrogen) atoms. The maximum Gasteiger partial charge on any atom is 0.0311 e. The quantitative estimate of drug-likeness (QED) is 0.344. The molecular formula is C36H58. The Labute approximate surface area is 225 Å². The second kappa shape index (κ2) is 9.96. The van der Waals surface area contributed by atoms with Crippen LogP contribution in [0.25, 0.3) is 11.1 Å². The fraction of sp³-hybridized carbons (Fsp3) is 0.667. The van der Waals surface area contributed by atoms with E-state index in [2.05, 4.69) is 132 Å². The Kier molecular flexibility index (Phi) is 8.48. The molecule has 0 radical (unpaired) electrons. The average molecular weight is 491 g/mol. The fourth-order valence-corrected chi connectivity index (χ4v) is 8.76. The minimum Gasteiger partial charge on any atom is -0.0776 e. The van der Waals surface area contributed by atoms with Crippen molar-refractivity contribution in [3.63, 3.8) is 0 Å². The highest BCUT2D eigenvalue weighted by atomic mass is 14.6. The van der Waals surface area contributed by atoms with Gasteiger partial charge >= 0.3 is 0 Å². The van der Waals surface area contributed by atoms with Crippen LogP contribution in [0.3, 0.4) is 0 Å². The van der Waals surface area contributed by atoms with Gasteiger partial charge in [0.2, 0.25) is 0 Å². The second-order valence-electron chi connectivity index (χ2n) is 15.5. The van der Waals surface area contributed by atoms with Crippen molar-refractivity contribution in [3.05, 3.63) is 59.7 Å². The Morgan fingerprint density at radius 3 is 1.08 bits per heavy atom. The number of hydrogen-bond acceptors (Lipinski definition) is 0. The molecule has 0 saturated heterocycles. The maximum atomic E-state index is 2.43. The summed E-state index contributed by atoms with van der Waals surface area (Å²) in [5, 5.41) is 0. The first-order valence-electron chi connectivity index (χ1n) is 14.1. The van der Waals surface area contributed by atoms with Crippen LogP contribution in [0, 0.1) is 27.1 Å². The van der Waals surface area contributed by atoms with E-state index >= 15 is 0 Å². The molecule has 2 aliphatic carbocycles. The van der Waals surface area contributed by atoms with E-state index < -0.39 is 0 Å². The van der Waals surface area contributed by atoms with Crippen molar-refractivity contribution in [3.8, 4) is 11.1 Å². The zero-order chi connectivity index (χ0) is 26.5. The average Bonchev–Trinajstić information content (AvgIpc) is 3.05. The highest BCUT2D eigenvalue weighted by molar-refractivity contribution is 5.82. The molecule has 0 atom stereocenters. The summed E-state index contributed by atoms with van der Waals surface area (Å²) >= 11 is 0. The molecular weight excluding hydrogens is 432 g/mol. The van der Waals surface area contributed by atoms with E-state index in [1.807, 2.05) is 0 Å². The topological polar surface area (TPSA) is 0 Å². The van der Waals surface area contributed by atoms with Gasteiger partial charge in [-0.25, -0.2) is 0 Å². The summed E-state index contributed by atoms with van der Waals surface area (Å²) in [6, 6.07) is 18.0. The van der Waals surface area contributed by atoms with Crippen LogP contribution in [0.5, 0.6) is 0 Å². The van der Waals surface area contributed by atoms with Crippen molar-refractivity contribution in [2.75, 3.05) is 0 Å². The number of fused-ring (bicyclic) bond motifs is 3. The molecule has 0 spiro atoms. The van der Waals surface area contributed by atoms with E-state index in [9.17, 15) is 0 Å². The summed E-state index contributed by atoms with van der Waals surface area (Å²) in [4.78, 5) is 0. The van der Waals surface area contributed by atoms with E-state index in [1.165, 1.54) is 54.4 Å². The Bertz CT molecular complexity index is 924. The van der Waals surface area contributed by atoms with Gasteiger partial charge in [0.05, 0.1) is 0 Å². The third-order valence-electron chi connectivity index (χ3n) is 9.78. The summed E-state index contributed by atoms with van der Waals surface area (Å²) in [5.74, 6) is 0. The van der Waals surface area contributed by atoms with Crippen molar-refractivity contribution in [2.24, 2.45) is 27.1 Å². The molecule has 1 saturated carbocycles. The molecule has 0 unspecified atom stereocenters.